The monoisotopic (exact) mass is 476 g/mol. The number of carbonyl (C=O) groups is 1. The highest BCUT2D eigenvalue weighted by Crippen LogP contribution is 2.38. The van der Waals surface area contributed by atoms with E-state index in [-0.39, 0.29) is 17.1 Å². The molecule has 1 aromatic heterocycles. The summed E-state index contributed by atoms with van der Waals surface area (Å²) in [7, 11) is 1.62. The number of amides is 1. The van der Waals surface area contributed by atoms with E-state index in [1.165, 1.54) is 25.7 Å². The zero-order valence-corrected chi connectivity index (χ0v) is 21.1. The van der Waals surface area contributed by atoms with Crippen molar-refractivity contribution in [2.45, 2.75) is 52.0 Å². The lowest BCUT2D eigenvalue weighted by molar-refractivity contribution is 0.0719. The summed E-state index contributed by atoms with van der Waals surface area (Å²) in [6.07, 6.45) is 5.54. The van der Waals surface area contributed by atoms with Gasteiger partial charge in [0.15, 0.2) is 5.43 Å². The second-order valence-electron chi connectivity index (χ2n) is 9.25. The van der Waals surface area contributed by atoms with Crippen LogP contribution in [0.2, 0.25) is 0 Å². The number of para-hydroxylation sites is 1. The molecule has 0 bridgehead atoms. The van der Waals surface area contributed by atoms with E-state index >= 15 is 0 Å². The molecule has 0 radical (unpaired) electrons. The lowest BCUT2D eigenvalue weighted by Crippen LogP contribution is -2.34. The number of benzene rings is 2. The quantitative estimate of drug-likeness (QED) is 0.339. The van der Waals surface area contributed by atoms with Crippen LogP contribution in [0.15, 0.2) is 57.7 Å². The van der Waals surface area contributed by atoms with Crippen LogP contribution in [-0.2, 0) is 0 Å². The first-order valence-corrected chi connectivity index (χ1v) is 12.8. The zero-order chi connectivity index (χ0) is 24.8. The fourth-order valence-corrected chi connectivity index (χ4v) is 4.89. The van der Waals surface area contributed by atoms with Crippen molar-refractivity contribution in [3.63, 3.8) is 0 Å². The van der Waals surface area contributed by atoms with Crippen LogP contribution < -0.4 is 10.2 Å². The summed E-state index contributed by atoms with van der Waals surface area (Å²) in [4.78, 5) is 31.5. The van der Waals surface area contributed by atoms with Gasteiger partial charge in [-0.05, 0) is 68.7 Å². The largest absolute Gasteiger partial charge is 0.497 e. The van der Waals surface area contributed by atoms with E-state index in [0.717, 1.165) is 37.4 Å². The molecule has 1 aliphatic rings. The van der Waals surface area contributed by atoms with Gasteiger partial charge in [-0.25, -0.2) is 0 Å². The van der Waals surface area contributed by atoms with Crippen LogP contribution in [0.5, 0.6) is 5.75 Å². The molecule has 2 aromatic carbocycles. The molecule has 4 rings (SSSR count). The Morgan fingerprint density at radius 2 is 1.57 bits per heavy atom. The molecule has 1 aliphatic heterocycles. The Morgan fingerprint density at radius 3 is 2.23 bits per heavy atom. The fourth-order valence-electron chi connectivity index (χ4n) is 4.89. The average Bonchev–Trinajstić information content (AvgIpc) is 3.17. The van der Waals surface area contributed by atoms with Gasteiger partial charge >= 0.3 is 0 Å². The molecule has 6 nitrogen and oxygen atoms in total. The third-order valence-corrected chi connectivity index (χ3v) is 6.83. The van der Waals surface area contributed by atoms with Crippen molar-refractivity contribution in [2.24, 2.45) is 0 Å². The van der Waals surface area contributed by atoms with E-state index < -0.39 is 6.04 Å². The maximum absolute atomic E-state index is 13.6. The number of fused-ring (bicyclic) bond motifs is 2. The molecule has 0 aliphatic carbocycles. The Bertz CT molecular complexity index is 1190. The average molecular weight is 477 g/mol. The highest BCUT2D eigenvalue weighted by atomic mass is 16.5. The summed E-state index contributed by atoms with van der Waals surface area (Å²) in [5.74, 6) is 0.693. The van der Waals surface area contributed by atoms with Crippen molar-refractivity contribution in [1.29, 1.82) is 0 Å². The molecule has 6 heteroatoms. The number of carbonyl (C=O) groups excluding carboxylic acids is 1. The standard InChI is InChI=1S/C29H36N2O4/c1-4-6-17-30(18-7-5-2)19-10-20-31-26(21-13-15-22(34-3)16-14-21)25-27(32)23-11-8-9-12-24(23)35-28(25)29(31)33/h8-9,11-16,26H,4-7,10,17-20H2,1-3H3. The van der Waals surface area contributed by atoms with E-state index in [2.05, 4.69) is 18.7 Å². The van der Waals surface area contributed by atoms with Crippen molar-refractivity contribution in [3.05, 3.63) is 75.6 Å². The number of hydrogen-bond donors (Lipinski definition) is 0. The van der Waals surface area contributed by atoms with E-state index in [1.54, 1.807) is 19.2 Å². The molecule has 1 amide bonds. The lowest BCUT2D eigenvalue weighted by atomic mass is 9.98. The fraction of sp³-hybridized carbons (Fsp3) is 0.448. The normalized spacial score (nSPS) is 15.3. The minimum absolute atomic E-state index is 0.133. The molecule has 35 heavy (non-hydrogen) atoms. The summed E-state index contributed by atoms with van der Waals surface area (Å²) in [6, 6.07) is 14.3. The predicted octanol–water partition coefficient (Wildman–Crippen LogP) is 5.64. The molecule has 0 saturated carbocycles. The van der Waals surface area contributed by atoms with Crippen LogP contribution in [0.4, 0.5) is 0 Å². The molecular formula is C29H36N2O4. The first kappa shape index (κ1) is 25.0. The number of rotatable bonds is 12. The number of ether oxygens (including phenoxy) is 1. The third-order valence-electron chi connectivity index (χ3n) is 6.83. The Balaban J connectivity index is 1.65. The van der Waals surface area contributed by atoms with Gasteiger partial charge in [0, 0.05) is 6.54 Å². The summed E-state index contributed by atoms with van der Waals surface area (Å²) >= 11 is 0. The molecular weight excluding hydrogens is 440 g/mol. The molecule has 186 valence electrons. The SMILES string of the molecule is CCCCN(CCCC)CCCN1C(=O)c2oc3ccccc3c(=O)c2C1c1ccc(OC)cc1. The van der Waals surface area contributed by atoms with E-state index in [1.807, 2.05) is 41.3 Å². The number of hydrogen-bond acceptors (Lipinski definition) is 5. The number of unbranched alkanes of at least 4 members (excludes halogenated alkanes) is 2. The lowest BCUT2D eigenvalue weighted by Gasteiger charge is -2.27. The second kappa shape index (κ2) is 11.5. The van der Waals surface area contributed by atoms with Crippen LogP contribution >= 0.6 is 0 Å². The van der Waals surface area contributed by atoms with Crippen molar-refractivity contribution in [2.75, 3.05) is 33.3 Å². The van der Waals surface area contributed by atoms with E-state index in [9.17, 15) is 9.59 Å². The van der Waals surface area contributed by atoms with Crippen molar-refractivity contribution >= 4 is 16.9 Å². The van der Waals surface area contributed by atoms with Gasteiger partial charge < -0.3 is 19.0 Å². The summed E-state index contributed by atoms with van der Waals surface area (Å²) in [6.45, 7) is 8.08. The topological polar surface area (TPSA) is 63.0 Å². The molecule has 0 fully saturated rings. The first-order valence-electron chi connectivity index (χ1n) is 12.8. The molecule has 0 spiro atoms. The first-order chi connectivity index (χ1) is 17.1. The minimum Gasteiger partial charge on any atom is -0.497 e. The van der Waals surface area contributed by atoms with Crippen molar-refractivity contribution in [1.82, 2.24) is 9.80 Å². The highest BCUT2D eigenvalue weighted by Gasteiger charge is 2.42. The van der Waals surface area contributed by atoms with Gasteiger partial charge in [0.2, 0.25) is 5.76 Å². The van der Waals surface area contributed by atoms with Gasteiger partial charge in [-0.3, -0.25) is 9.59 Å². The molecule has 1 atom stereocenters. The van der Waals surface area contributed by atoms with Gasteiger partial charge in [-0.15, -0.1) is 0 Å². The van der Waals surface area contributed by atoms with Crippen LogP contribution in [0.25, 0.3) is 11.0 Å². The number of nitrogens with zero attached hydrogens (tertiary/aromatic N) is 2. The maximum atomic E-state index is 13.6. The Kier molecular flexibility index (Phi) is 8.24. The molecule has 0 N–H and O–H groups in total. The minimum atomic E-state index is -0.469. The Hall–Kier alpha value is -3.12. The number of methoxy groups -OCH3 is 1. The van der Waals surface area contributed by atoms with E-state index in [0.29, 0.717) is 23.1 Å². The Labute approximate surface area is 207 Å². The third kappa shape index (κ3) is 5.27. The molecule has 1 unspecified atom stereocenters. The van der Waals surface area contributed by atoms with Gasteiger partial charge in [0.1, 0.15) is 11.3 Å². The second-order valence-corrected chi connectivity index (χ2v) is 9.25. The van der Waals surface area contributed by atoms with Crippen molar-refractivity contribution < 1.29 is 13.9 Å². The smallest absolute Gasteiger partial charge is 0.290 e. The van der Waals surface area contributed by atoms with Gasteiger partial charge in [0.05, 0.1) is 24.1 Å². The van der Waals surface area contributed by atoms with Crippen LogP contribution in [-0.4, -0.2) is 49.0 Å². The maximum Gasteiger partial charge on any atom is 0.290 e. The van der Waals surface area contributed by atoms with Crippen LogP contribution in [0.3, 0.4) is 0 Å². The van der Waals surface area contributed by atoms with Crippen LogP contribution in [0, 0.1) is 0 Å². The van der Waals surface area contributed by atoms with Crippen molar-refractivity contribution in [3.8, 4) is 5.75 Å². The van der Waals surface area contributed by atoms with Gasteiger partial charge in [-0.2, -0.15) is 0 Å². The van der Waals surface area contributed by atoms with Gasteiger partial charge in [0.25, 0.3) is 5.91 Å². The Morgan fingerprint density at radius 1 is 0.914 bits per heavy atom. The summed E-state index contributed by atoms with van der Waals surface area (Å²) < 4.78 is 11.4. The highest BCUT2D eigenvalue weighted by molar-refractivity contribution is 5.99. The summed E-state index contributed by atoms with van der Waals surface area (Å²) in [5.41, 5.74) is 1.64. The predicted molar refractivity (Wildman–Crippen MR) is 139 cm³/mol. The molecule has 2 heterocycles. The van der Waals surface area contributed by atoms with Crippen LogP contribution in [0.1, 0.15) is 73.7 Å². The summed E-state index contributed by atoms with van der Waals surface area (Å²) in [5, 5.41) is 0.504. The zero-order valence-electron chi connectivity index (χ0n) is 21.1. The van der Waals surface area contributed by atoms with Gasteiger partial charge in [-0.1, -0.05) is 51.0 Å². The van der Waals surface area contributed by atoms with E-state index in [4.69, 9.17) is 9.15 Å². The molecule has 3 aromatic rings. The molecule has 0 saturated heterocycles.